The van der Waals surface area contributed by atoms with E-state index in [-0.39, 0.29) is 6.04 Å². The fraction of sp³-hybridized carbons (Fsp3) is 0.400. The smallest absolute Gasteiger partial charge is 0.0649 e. The summed E-state index contributed by atoms with van der Waals surface area (Å²) in [6.45, 7) is 4.44. The first kappa shape index (κ1) is 13.8. The van der Waals surface area contributed by atoms with E-state index in [0.29, 0.717) is 5.92 Å². The van der Waals surface area contributed by atoms with Gasteiger partial charge in [-0.25, -0.2) is 4.68 Å². The molecule has 1 aromatic carbocycles. The number of nitrogens with two attached hydrogens (primary N) is 1. The fourth-order valence-electron chi connectivity index (χ4n) is 2.21. The van der Waals surface area contributed by atoms with Crippen molar-refractivity contribution in [3.8, 4) is 5.69 Å². The van der Waals surface area contributed by atoms with E-state index < -0.39 is 0 Å². The average Bonchev–Trinajstić information content (AvgIpc) is 2.94. The largest absolute Gasteiger partial charge is 0.271 e. The maximum Gasteiger partial charge on any atom is 0.0649 e. The van der Waals surface area contributed by atoms with Crippen LogP contribution in [0.25, 0.3) is 5.69 Å². The number of rotatable bonds is 6. The number of nitrogens with zero attached hydrogens (tertiary/aromatic N) is 2. The van der Waals surface area contributed by atoms with Crippen LogP contribution in [-0.2, 0) is 0 Å². The molecule has 3 N–H and O–H groups in total. The number of hydrogen-bond acceptors (Lipinski definition) is 3. The summed E-state index contributed by atoms with van der Waals surface area (Å²) in [5, 5.41) is 4.41. The van der Waals surface area contributed by atoms with Gasteiger partial charge in [0.2, 0.25) is 0 Å². The number of hydrazine groups is 1. The summed E-state index contributed by atoms with van der Waals surface area (Å²) in [4.78, 5) is 0. The monoisotopic (exact) mass is 258 g/mol. The highest BCUT2D eigenvalue weighted by atomic mass is 15.3. The van der Waals surface area contributed by atoms with Crippen LogP contribution in [0.2, 0.25) is 0 Å². The van der Waals surface area contributed by atoms with Crippen molar-refractivity contribution in [3.63, 3.8) is 0 Å². The lowest BCUT2D eigenvalue weighted by atomic mass is 9.97. The molecule has 0 saturated heterocycles. The summed E-state index contributed by atoms with van der Waals surface area (Å²) in [6, 6.07) is 12.3. The zero-order chi connectivity index (χ0) is 13.7. The Kier molecular flexibility index (Phi) is 4.71. The fourth-order valence-corrected chi connectivity index (χ4v) is 2.21. The second-order valence-electron chi connectivity index (χ2n) is 4.97. The SMILES string of the molecule is CCC(C)CC(NN)c1ccnn1-c1ccccc1. The Morgan fingerprint density at radius 3 is 2.63 bits per heavy atom. The molecule has 0 saturated carbocycles. The Balaban J connectivity index is 2.27. The van der Waals surface area contributed by atoms with Crippen molar-refractivity contribution in [3.05, 3.63) is 48.3 Å². The van der Waals surface area contributed by atoms with Crippen molar-refractivity contribution >= 4 is 0 Å². The molecule has 0 bridgehead atoms. The predicted molar refractivity (Wildman–Crippen MR) is 77.7 cm³/mol. The average molecular weight is 258 g/mol. The first-order valence-corrected chi connectivity index (χ1v) is 6.81. The minimum absolute atomic E-state index is 0.123. The van der Waals surface area contributed by atoms with Gasteiger partial charge >= 0.3 is 0 Å². The molecule has 4 nitrogen and oxygen atoms in total. The zero-order valence-electron chi connectivity index (χ0n) is 11.6. The third-order valence-corrected chi connectivity index (χ3v) is 3.57. The van der Waals surface area contributed by atoms with E-state index in [4.69, 9.17) is 5.84 Å². The molecular weight excluding hydrogens is 236 g/mol. The van der Waals surface area contributed by atoms with Gasteiger partial charge in [0.15, 0.2) is 0 Å². The van der Waals surface area contributed by atoms with E-state index in [1.54, 1.807) is 0 Å². The summed E-state index contributed by atoms with van der Waals surface area (Å²) < 4.78 is 1.95. The zero-order valence-corrected chi connectivity index (χ0v) is 11.6. The number of para-hydroxylation sites is 1. The minimum Gasteiger partial charge on any atom is -0.271 e. The second-order valence-corrected chi connectivity index (χ2v) is 4.97. The molecule has 0 aliphatic carbocycles. The first-order valence-electron chi connectivity index (χ1n) is 6.81. The van der Waals surface area contributed by atoms with E-state index >= 15 is 0 Å². The maximum atomic E-state index is 5.72. The van der Waals surface area contributed by atoms with Gasteiger partial charge in [-0.2, -0.15) is 5.10 Å². The molecule has 0 aliphatic heterocycles. The predicted octanol–water partition coefficient (Wildman–Crippen LogP) is 2.81. The standard InChI is InChI=1S/C15H22N4/c1-3-12(2)11-14(18-16)15-9-10-17-19(15)13-7-5-4-6-8-13/h4-10,12,14,18H,3,11,16H2,1-2H3. The van der Waals surface area contributed by atoms with E-state index in [9.17, 15) is 0 Å². The van der Waals surface area contributed by atoms with Gasteiger partial charge in [0.25, 0.3) is 0 Å². The van der Waals surface area contributed by atoms with Crippen LogP contribution >= 0.6 is 0 Å². The van der Waals surface area contributed by atoms with Gasteiger partial charge in [0.1, 0.15) is 0 Å². The van der Waals surface area contributed by atoms with Crippen molar-refractivity contribution in [2.45, 2.75) is 32.7 Å². The summed E-state index contributed by atoms with van der Waals surface area (Å²) in [6.07, 6.45) is 3.98. The summed E-state index contributed by atoms with van der Waals surface area (Å²) in [7, 11) is 0. The number of aromatic nitrogens is 2. The third-order valence-electron chi connectivity index (χ3n) is 3.57. The molecular formula is C15H22N4. The van der Waals surface area contributed by atoms with Gasteiger partial charge in [0.05, 0.1) is 17.4 Å². The molecule has 102 valence electrons. The van der Waals surface area contributed by atoms with Gasteiger partial charge in [-0.3, -0.25) is 11.3 Å². The molecule has 1 heterocycles. The van der Waals surface area contributed by atoms with Crippen LogP contribution in [0.5, 0.6) is 0 Å². The number of nitrogens with one attached hydrogen (secondary N) is 1. The van der Waals surface area contributed by atoms with Crippen molar-refractivity contribution in [1.29, 1.82) is 0 Å². The van der Waals surface area contributed by atoms with Gasteiger partial charge in [-0.05, 0) is 30.5 Å². The Morgan fingerprint density at radius 2 is 2.00 bits per heavy atom. The van der Waals surface area contributed by atoms with E-state index in [0.717, 1.165) is 24.2 Å². The van der Waals surface area contributed by atoms with Crippen LogP contribution in [0.1, 0.15) is 38.4 Å². The van der Waals surface area contributed by atoms with Crippen LogP contribution in [0.15, 0.2) is 42.6 Å². The molecule has 2 rings (SSSR count). The van der Waals surface area contributed by atoms with Gasteiger partial charge in [-0.1, -0.05) is 38.5 Å². The molecule has 0 fully saturated rings. The molecule has 0 spiro atoms. The summed E-state index contributed by atoms with van der Waals surface area (Å²) in [5.74, 6) is 6.35. The van der Waals surface area contributed by atoms with Crippen LogP contribution in [-0.4, -0.2) is 9.78 Å². The topological polar surface area (TPSA) is 55.9 Å². The minimum atomic E-state index is 0.123. The van der Waals surface area contributed by atoms with Crippen molar-refractivity contribution in [2.24, 2.45) is 11.8 Å². The quantitative estimate of drug-likeness (QED) is 0.619. The van der Waals surface area contributed by atoms with E-state index in [1.165, 1.54) is 0 Å². The highest BCUT2D eigenvalue weighted by molar-refractivity contribution is 5.33. The Bertz CT molecular complexity index is 492. The van der Waals surface area contributed by atoms with Crippen LogP contribution in [0.3, 0.4) is 0 Å². The van der Waals surface area contributed by atoms with E-state index in [1.807, 2.05) is 47.3 Å². The van der Waals surface area contributed by atoms with E-state index in [2.05, 4.69) is 24.4 Å². The normalized spacial score (nSPS) is 14.3. The van der Waals surface area contributed by atoms with Gasteiger partial charge in [0, 0.05) is 6.20 Å². The highest BCUT2D eigenvalue weighted by Crippen LogP contribution is 2.24. The van der Waals surface area contributed by atoms with Crippen molar-refractivity contribution in [1.82, 2.24) is 15.2 Å². The molecule has 0 radical (unpaired) electrons. The molecule has 2 atom stereocenters. The Hall–Kier alpha value is -1.65. The molecule has 2 aromatic rings. The van der Waals surface area contributed by atoms with Crippen LogP contribution in [0, 0.1) is 5.92 Å². The highest BCUT2D eigenvalue weighted by Gasteiger charge is 2.17. The lowest BCUT2D eigenvalue weighted by molar-refractivity contribution is 0.396. The van der Waals surface area contributed by atoms with Crippen LogP contribution < -0.4 is 11.3 Å². The molecule has 0 aliphatic rings. The van der Waals surface area contributed by atoms with Gasteiger partial charge < -0.3 is 0 Å². The lowest BCUT2D eigenvalue weighted by Crippen LogP contribution is -2.31. The first-order chi connectivity index (χ1) is 9.26. The van der Waals surface area contributed by atoms with Gasteiger partial charge in [-0.15, -0.1) is 0 Å². The Labute approximate surface area is 114 Å². The van der Waals surface area contributed by atoms with Crippen molar-refractivity contribution < 1.29 is 0 Å². The number of hydrogen-bond donors (Lipinski definition) is 2. The second kappa shape index (κ2) is 6.50. The molecule has 4 heteroatoms. The summed E-state index contributed by atoms with van der Waals surface area (Å²) >= 11 is 0. The molecule has 0 amide bonds. The summed E-state index contributed by atoms with van der Waals surface area (Å²) in [5.41, 5.74) is 5.09. The molecule has 1 aromatic heterocycles. The number of benzene rings is 1. The maximum absolute atomic E-state index is 5.72. The Morgan fingerprint density at radius 1 is 1.26 bits per heavy atom. The lowest BCUT2D eigenvalue weighted by Gasteiger charge is -2.20. The van der Waals surface area contributed by atoms with Crippen LogP contribution in [0.4, 0.5) is 0 Å². The molecule has 19 heavy (non-hydrogen) atoms. The van der Waals surface area contributed by atoms with Crippen molar-refractivity contribution in [2.75, 3.05) is 0 Å². The molecule has 2 unspecified atom stereocenters. The third kappa shape index (κ3) is 3.22.